The zero-order chi connectivity index (χ0) is 15.8. The molecule has 0 aliphatic rings. The van der Waals surface area contributed by atoms with Crippen LogP contribution in [0.5, 0.6) is 0 Å². The number of esters is 1. The summed E-state index contributed by atoms with van der Waals surface area (Å²) in [5.74, 6) is -1.68. The Morgan fingerprint density at radius 1 is 1.29 bits per heavy atom. The van der Waals surface area contributed by atoms with Crippen molar-refractivity contribution >= 4 is 41.1 Å². The number of carbonyl (C=O) groups excluding carboxylic acids is 3. The smallest absolute Gasteiger partial charge is 0.359 e. The first-order valence-electron chi connectivity index (χ1n) is 6.01. The van der Waals surface area contributed by atoms with Gasteiger partial charge in [0.15, 0.2) is 12.3 Å². The second kappa shape index (κ2) is 8.43. The van der Waals surface area contributed by atoms with Gasteiger partial charge in [-0.1, -0.05) is 30.1 Å². The average molecular weight is 334 g/mol. The van der Waals surface area contributed by atoms with E-state index in [0.29, 0.717) is 6.54 Å². The second-order valence-corrected chi connectivity index (χ2v) is 4.64. The SMILES string of the molecule is CCCNC(=O)NC(=O)COC(=O)c1nc(Cl)ccc1Cl. The molecule has 114 valence electrons. The van der Waals surface area contributed by atoms with Crippen LogP contribution in [0.25, 0.3) is 0 Å². The molecule has 0 aromatic carbocycles. The van der Waals surface area contributed by atoms with Gasteiger partial charge in [-0.3, -0.25) is 10.1 Å². The van der Waals surface area contributed by atoms with E-state index in [2.05, 4.69) is 10.3 Å². The molecule has 7 nitrogen and oxygen atoms in total. The van der Waals surface area contributed by atoms with Crippen LogP contribution in [0, 0.1) is 0 Å². The third-order valence-corrected chi connectivity index (χ3v) is 2.64. The Balaban J connectivity index is 2.47. The maximum atomic E-state index is 11.7. The monoisotopic (exact) mass is 333 g/mol. The van der Waals surface area contributed by atoms with Crippen LogP contribution >= 0.6 is 23.2 Å². The van der Waals surface area contributed by atoms with E-state index < -0.39 is 24.5 Å². The van der Waals surface area contributed by atoms with E-state index >= 15 is 0 Å². The van der Waals surface area contributed by atoms with E-state index in [4.69, 9.17) is 27.9 Å². The van der Waals surface area contributed by atoms with Gasteiger partial charge in [0.2, 0.25) is 0 Å². The number of amides is 3. The quantitative estimate of drug-likeness (QED) is 0.632. The van der Waals surface area contributed by atoms with Gasteiger partial charge in [-0.2, -0.15) is 0 Å². The van der Waals surface area contributed by atoms with Gasteiger partial charge in [-0.05, 0) is 18.6 Å². The fraction of sp³-hybridized carbons (Fsp3) is 0.333. The summed E-state index contributed by atoms with van der Waals surface area (Å²) in [5.41, 5.74) is -0.201. The van der Waals surface area contributed by atoms with Crippen LogP contribution in [-0.2, 0) is 9.53 Å². The highest BCUT2D eigenvalue weighted by Crippen LogP contribution is 2.17. The van der Waals surface area contributed by atoms with Crippen LogP contribution in [0.1, 0.15) is 23.8 Å². The summed E-state index contributed by atoms with van der Waals surface area (Å²) < 4.78 is 4.69. The third-order valence-electron chi connectivity index (χ3n) is 2.13. The third kappa shape index (κ3) is 5.97. The zero-order valence-electron chi connectivity index (χ0n) is 11.1. The number of carbonyl (C=O) groups is 3. The lowest BCUT2D eigenvalue weighted by Crippen LogP contribution is -2.41. The average Bonchev–Trinajstić information content (AvgIpc) is 2.45. The van der Waals surface area contributed by atoms with Crippen LogP contribution in [-0.4, -0.2) is 36.0 Å². The largest absolute Gasteiger partial charge is 0.451 e. The van der Waals surface area contributed by atoms with Crippen LogP contribution < -0.4 is 10.6 Å². The normalized spacial score (nSPS) is 9.86. The summed E-state index contributed by atoms with van der Waals surface area (Å²) in [4.78, 5) is 37.9. The summed E-state index contributed by atoms with van der Waals surface area (Å²) in [6.45, 7) is 1.66. The van der Waals surface area contributed by atoms with Gasteiger partial charge < -0.3 is 10.1 Å². The van der Waals surface area contributed by atoms with Gasteiger partial charge in [-0.25, -0.2) is 14.6 Å². The van der Waals surface area contributed by atoms with Crippen LogP contribution in [0.4, 0.5) is 4.79 Å². The van der Waals surface area contributed by atoms with Crippen molar-refractivity contribution in [3.05, 3.63) is 28.0 Å². The van der Waals surface area contributed by atoms with Crippen molar-refractivity contribution < 1.29 is 19.1 Å². The number of nitrogens with zero attached hydrogens (tertiary/aromatic N) is 1. The molecule has 2 N–H and O–H groups in total. The number of ether oxygens (including phenoxy) is 1. The molecule has 0 fully saturated rings. The highest BCUT2D eigenvalue weighted by molar-refractivity contribution is 6.34. The first kappa shape index (κ1) is 17.2. The number of halogens is 2. The predicted molar refractivity (Wildman–Crippen MR) is 76.4 cm³/mol. The number of hydrogen-bond donors (Lipinski definition) is 2. The molecule has 0 atom stereocenters. The van der Waals surface area contributed by atoms with E-state index in [1.54, 1.807) is 0 Å². The van der Waals surface area contributed by atoms with E-state index in [1.807, 2.05) is 12.2 Å². The van der Waals surface area contributed by atoms with E-state index in [-0.39, 0.29) is 15.9 Å². The minimum absolute atomic E-state index is 0.0468. The van der Waals surface area contributed by atoms with Crippen molar-refractivity contribution in [3.63, 3.8) is 0 Å². The van der Waals surface area contributed by atoms with Crippen molar-refractivity contribution in [2.45, 2.75) is 13.3 Å². The Morgan fingerprint density at radius 3 is 2.67 bits per heavy atom. The van der Waals surface area contributed by atoms with Gasteiger partial charge in [0.25, 0.3) is 5.91 Å². The minimum Gasteiger partial charge on any atom is -0.451 e. The van der Waals surface area contributed by atoms with Gasteiger partial charge in [0, 0.05) is 6.54 Å². The lowest BCUT2D eigenvalue weighted by atomic mass is 10.3. The molecule has 9 heteroatoms. The molecule has 0 unspecified atom stereocenters. The maximum Gasteiger partial charge on any atom is 0.359 e. The van der Waals surface area contributed by atoms with E-state index in [9.17, 15) is 14.4 Å². The van der Waals surface area contributed by atoms with Crippen molar-refractivity contribution in [3.8, 4) is 0 Å². The molecule has 1 heterocycles. The molecule has 0 saturated carbocycles. The maximum absolute atomic E-state index is 11.7. The molecule has 0 radical (unpaired) electrons. The van der Waals surface area contributed by atoms with Crippen LogP contribution in [0.2, 0.25) is 10.2 Å². The lowest BCUT2D eigenvalue weighted by Gasteiger charge is -2.07. The number of pyridine rings is 1. The Hall–Kier alpha value is -1.86. The molecular weight excluding hydrogens is 321 g/mol. The topological polar surface area (TPSA) is 97.4 Å². The Labute approximate surface area is 131 Å². The molecule has 0 aliphatic carbocycles. The second-order valence-electron chi connectivity index (χ2n) is 3.84. The minimum atomic E-state index is -0.911. The molecule has 1 aromatic heterocycles. The number of rotatable bonds is 5. The standard InChI is InChI=1S/C12H13Cl2N3O4/c1-2-5-15-12(20)17-9(18)6-21-11(19)10-7(13)3-4-8(14)16-10/h3-4H,2,5-6H2,1H3,(H2,15,17,18,20). The van der Waals surface area contributed by atoms with E-state index in [1.165, 1.54) is 12.1 Å². The van der Waals surface area contributed by atoms with Crippen molar-refractivity contribution in [1.82, 2.24) is 15.6 Å². The summed E-state index contributed by atoms with van der Waals surface area (Å²) in [6, 6.07) is 2.13. The molecule has 0 bridgehead atoms. The fourth-order valence-corrected chi connectivity index (χ4v) is 1.54. The molecule has 3 amide bonds. The lowest BCUT2D eigenvalue weighted by molar-refractivity contribution is -0.123. The fourth-order valence-electron chi connectivity index (χ4n) is 1.21. The Bertz CT molecular complexity index is 551. The van der Waals surface area contributed by atoms with Gasteiger partial charge >= 0.3 is 12.0 Å². The molecule has 0 aliphatic heterocycles. The molecule has 0 spiro atoms. The van der Waals surface area contributed by atoms with Gasteiger partial charge in [0.05, 0.1) is 5.02 Å². The molecular formula is C12H13Cl2N3O4. The molecule has 0 saturated heterocycles. The highest BCUT2D eigenvalue weighted by atomic mass is 35.5. The number of urea groups is 1. The summed E-state index contributed by atoms with van der Waals surface area (Å²) in [5, 5.41) is 4.55. The van der Waals surface area contributed by atoms with Crippen molar-refractivity contribution in [2.24, 2.45) is 0 Å². The first-order valence-corrected chi connectivity index (χ1v) is 6.76. The molecule has 1 aromatic rings. The van der Waals surface area contributed by atoms with Gasteiger partial charge in [0.1, 0.15) is 5.15 Å². The highest BCUT2D eigenvalue weighted by Gasteiger charge is 2.16. The summed E-state index contributed by atoms with van der Waals surface area (Å²) >= 11 is 11.4. The Kier molecular flexibility index (Phi) is 6.90. The van der Waals surface area contributed by atoms with Crippen LogP contribution in [0.15, 0.2) is 12.1 Å². The Morgan fingerprint density at radius 2 is 2.00 bits per heavy atom. The summed E-state index contributed by atoms with van der Waals surface area (Å²) in [7, 11) is 0. The number of imide groups is 1. The van der Waals surface area contributed by atoms with Crippen LogP contribution in [0.3, 0.4) is 0 Å². The number of nitrogens with one attached hydrogen (secondary N) is 2. The summed E-state index contributed by atoms with van der Waals surface area (Å²) in [6.07, 6.45) is 0.732. The molecule has 21 heavy (non-hydrogen) atoms. The van der Waals surface area contributed by atoms with Gasteiger partial charge in [-0.15, -0.1) is 0 Å². The molecule has 1 rings (SSSR count). The zero-order valence-corrected chi connectivity index (χ0v) is 12.6. The van der Waals surface area contributed by atoms with Crippen molar-refractivity contribution in [1.29, 1.82) is 0 Å². The first-order chi connectivity index (χ1) is 9.93. The van der Waals surface area contributed by atoms with E-state index in [0.717, 1.165) is 6.42 Å². The number of hydrogen-bond acceptors (Lipinski definition) is 5. The van der Waals surface area contributed by atoms with Crippen molar-refractivity contribution in [2.75, 3.05) is 13.2 Å². The predicted octanol–water partition coefficient (Wildman–Crippen LogP) is 1.78. The number of aromatic nitrogens is 1.